The Morgan fingerprint density at radius 2 is 1.86 bits per heavy atom. The number of nitrogens with zero attached hydrogens (tertiary/aromatic N) is 5. The maximum atomic E-state index is 13.3. The van der Waals surface area contributed by atoms with Crippen LogP contribution in [0.4, 0.5) is 11.5 Å². The van der Waals surface area contributed by atoms with Crippen molar-refractivity contribution in [3.05, 3.63) is 53.4 Å². The molecule has 0 bridgehead atoms. The number of carbonyl (C=O) groups excluding carboxylic acids is 2. The molecule has 0 unspecified atom stereocenters. The second kappa shape index (κ2) is 13.0. The molecule has 1 aliphatic rings. The van der Waals surface area contributed by atoms with Gasteiger partial charge >= 0.3 is 0 Å². The molecule has 1 aliphatic heterocycles. The summed E-state index contributed by atoms with van der Waals surface area (Å²) in [6.45, 7) is 15.5. The number of fused-ring (bicyclic) bond motifs is 1. The number of aromatic nitrogens is 3. The van der Waals surface area contributed by atoms with Crippen molar-refractivity contribution in [3.63, 3.8) is 0 Å². The lowest BCUT2D eigenvalue weighted by atomic mass is 9.87. The number of Topliss-reactive ketones (excluding diaryl/α,β-unsaturated/α-hetero) is 1. The van der Waals surface area contributed by atoms with Gasteiger partial charge in [-0.3, -0.25) is 9.59 Å². The number of ether oxygens (including phenoxy) is 2. The van der Waals surface area contributed by atoms with Crippen LogP contribution in [0.5, 0.6) is 0 Å². The van der Waals surface area contributed by atoms with Crippen molar-refractivity contribution in [2.75, 3.05) is 38.2 Å². The molecule has 1 saturated heterocycles. The number of anilines is 2. The number of morpholine rings is 1. The summed E-state index contributed by atoms with van der Waals surface area (Å²) in [6.07, 6.45) is 5.02. The number of benzene rings is 1. The van der Waals surface area contributed by atoms with Gasteiger partial charge in [0.15, 0.2) is 11.4 Å². The van der Waals surface area contributed by atoms with Gasteiger partial charge in [0, 0.05) is 45.1 Å². The molecule has 1 amide bonds. The lowest BCUT2D eigenvalue weighted by Crippen LogP contribution is -2.41. The molecule has 1 aromatic carbocycles. The van der Waals surface area contributed by atoms with Gasteiger partial charge in [-0.05, 0) is 29.8 Å². The molecule has 1 fully saturated rings. The van der Waals surface area contributed by atoms with Gasteiger partial charge in [-0.1, -0.05) is 52.5 Å². The largest absolute Gasteiger partial charge is 0.378 e. The molecule has 222 valence electrons. The van der Waals surface area contributed by atoms with Crippen LogP contribution >= 0.6 is 0 Å². The highest BCUT2D eigenvalue weighted by molar-refractivity contribution is 6.76. The van der Waals surface area contributed by atoms with Crippen LogP contribution in [0.1, 0.15) is 36.7 Å². The smallest absolute Gasteiger partial charge is 0.264 e. The Morgan fingerprint density at radius 1 is 1.17 bits per heavy atom. The predicted molar refractivity (Wildman–Crippen MR) is 166 cm³/mol. The number of nitrogens with one attached hydrogen (secondary N) is 1. The number of hydrogen-bond acceptors (Lipinski definition) is 8. The SMILES string of the molecule is CC(C)(C)C(=O)c1cn(COCC[Si](C)(C)C)c2ncc(Nc3ccc(/C=C(\C#N)C(=O)N4CCOCC4)cc3)nc12. The number of amides is 1. The van der Waals surface area contributed by atoms with Crippen molar-refractivity contribution in [1.29, 1.82) is 5.26 Å². The van der Waals surface area contributed by atoms with Crippen LogP contribution in [0, 0.1) is 16.7 Å². The Hall–Kier alpha value is -3.85. The van der Waals surface area contributed by atoms with E-state index in [1.807, 2.05) is 55.7 Å². The average Bonchev–Trinajstić information content (AvgIpc) is 3.31. The summed E-state index contributed by atoms with van der Waals surface area (Å²) in [7, 11) is -1.22. The second-order valence-corrected chi connectivity index (χ2v) is 18.3. The second-order valence-electron chi connectivity index (χ2n) is 12.7. The van der Waals surface area contributed by atoms with Crippen molar-refractivity contribution in [2.45, 2.75) is 53.2 Å². The van der Waals surface area contributed by atoms with Crippen molar-refractivity contribution < 1.29 is 19.1 Å². The van der Waals surface area contributed by atoms with Gasteiger partial charge in [-0.15, -0.1) is 0 Å². The van der Waals surface area contributed by atoms with Crippen LogP contribution < -0.4 is 5.32 Å². The first kappa shape index (κ1) is 31.1. The molecule has 0 spiro atoms. The molecule has 42 heavy (non-hydrogen) atoms. The third-order valence-electron chi connectivity index (χ3n) is 6.86. The van der Waals surface area contributed by atoms with E-state index in [4.69, 9.17) is 14.5 Å². The van der Waals surface area contributed by atoms with E-state index < -0.39 is 13.5 Å². The summed E-state index contributed by atoms with van der Waals surface area (Å²) >= 11 is 0. The minimum atomic E-state index is -1.22. The van der Waals surface area contributed by atoms with Gasteiger partial charge in [0.1, 0.15) is 29.7 Å². The third-order valence-corrected chi connectivity index (χ3v) is 8.57. The Morgan fingerprint density at radius 3 is 2.48 bits per heavy atom. The first-order valence-electron chi connectivity index (χ1n) is 14.2. The van der Waals surface area contributed by atoms with Crippen LogP contribution in [0.2, 0.25) is 25.7 Å². The van der Waals surface area contributed by atoms with Crippen LogP contribution in [-0.2, 0) is 21.0 Å². The Bertz CT molecular complexity index is 1500. The molecule has 2 aromatic heterocycles. The fourth-order valence-corrected chi connectivity index (χ4v) is 5.13. The molecule has 11 heteroatoms. The number of rotatable bonds is 10. The number of carbonyl (C=O) groups is 2. The monoisotopic (exact) mass is 588 g/mol. The van der Waals surface area contributed by atoms with Crippen LogP contribution in [0.25, 0.3) is 17.2 Å². The van der Waals surface area contributed by atoms with E-state index in [9.17, 15) is 14.9 Å². The normalized spacial score (nSPS) is 14.6. The molecular formula is C31H40N6O4Si. The highest BCUT2D eigenvalue weighted by atomic mass is 28.3. The van der Waals surface area contributed by atoms with Crippen LogP contribution in [0.3, 0.4) is 0 Å². The van der Waals surface area contributed by atoms with Crippen molar-refractivity contribution in [3.8, 4) is 6.07 Å². The van der Waals surface area contributed by atoms with E-state index in [-0.39, 0.29) is 17.3 Å². The minimum absolute atomic E-state index is 0.0177. The molecule has 1 N–H and O–H groups in total. The first-order chi connectivity index (χ1) is 19.9. The lowest BCUT2D eigenvalue weighted by molar-refractivity contribution is -0.130. The molecular weight excluding hydrogens is 548 g/mol. The zero-order valence-electron chi connectivity index (χ0n) is 25.4. The quantitative estimate of drug-likeness (QED) is 0.109. The maximum absolute atomic E-state index is 13.3. The third kappa shape index (κ3) is 7.91. The Balaban J connectivity index is 1.53. The summed E-state index contributed by atoms with van der Waals surface area (Å²) in [6, 6.07) is 10.4. The van der Waals surface area contributed by atoms with E-state index in [0.29, 0.717) is 62.2 Å². The summed E-state index contributed by atoms with van der Waals surface area (Å²) < 4.78 is 13.1. The molecule has 0 saturated carbocycles. The van der Waals surface area contributed by atoms with E-state index >= 15 is 0 Å². The number of nitriles is 1. The number of ketones is 1. The van der Waals surface area contributed by atoms with Crippen molar-refractivity contribution in [2.24, 2.45) is 5.41 Å². The molecule has 0 atom stereocenters. The summed E-state index contributed by atoms with van der Waals surface area (Å²) in [5.74, 6) is 0.183. The molecule has 0 aliphatic carbocycles. The molecule has 4 rings (SSSR count). The number of hydrogen-bond donors (Lipinski definition) is 1. The fraction of sp³-hybridized carbons (Fsp3) is 0.452. The average molecular weight is 589 g/mol. The topological polar surface area (TPSA) is 122 Å². The van der Waals surface area contributed by atoms with Crippen molar-refractivity contribution in [1.82, 2.24) is 19.4 Å². The zero-order valence-corrected chi connectivity index (χ0v) is 26.4. The zero-order chi connectivity index (χ0) is 30.5. The summed E-state index contributed by atoms with van der Waals surface area (Å²) in [5.41, 5.74) is 2.60. The minimum Gasteiger partial charge on any atom is -0.378 e. The maximum Gasteiger partial charge on any atom is 0.264 e. The molecule has 0 radical (unpaired) electrons. The van der Waals surface area contributed by atoms with Gasteiger partial charge in [0.2, 0.25) is 0 Å². The van der Waals surface area contributed by atoms with E-state index in [1.165, 1.54) is 0 Å². The van der Waals surface area contributed by atoms with E-state index in [2.05, 4.69) is 29.9 Å². The molecule has 10 nitrogen and oxygen atoms in total. The van der Waals surface area contributed by atoms with Crippen LogP contribution in [0.15, 0.2) is 42.2 Å². The van der Waals surface area contributed by atoms with Gasteiger partial charge in [-0.25, -0.2) is 9.97 Å². The standard InChI is InChI=1S/C31H40N6O4Si/c1-31(2,3)28(38)25-20-37(21-41-15-16-42(4,5)6)29-27(25)35-26(19-33-29)34-24-9-7-22(8-10-24)17-23(18-32)30(39)36-11-13-40-14-12-36/h7-10,17,19-20H,11-16,21H2,1-6H3,(H,34,35)/b23-17+. The summed E-state index contributed by atoms with van der Waals surface area (Å²) in [5, 5.41) is 12.8. The molecule has 3 heterocycles. The fourth-order valence-electron chi connectivity index (χ4n) is 4.38. The van der Waals surface area contributed by atoms with Gasteiger partial charge in [0.05, 0.1) is 25.0 Å². The highest BCUT2D eigenvalue weighted by Gasteiger charge is 2.28. The lowest BCUT2D eigenvalue weighted by Gasteiger charge is -2.26. The van der Waals surface area contributed by atoms with Gasteiger partial charge in [-0.2, -0.15) is 5.26 Å². The van der Waals surface area contributed by atoms with Crippen molar-refractivity contribution >= 4 is 48.5 Å². The molecule has 3 aromatic rings. The van der Waals surface area contributed by atoms with Crippen LogP contribution in [-0.4, -0.2) is 72.1 Å². The Labute approximate surface area is 248 Å². The highest BCUT2D eigenvalue weighted by Crippen LogP contribution is 2.28. The van der Waals surface area contributed by atoms with E-state index in [1.54, 1.807) is 23.4 Å². The van der Waals surface area contributed by atoms with E-state index in [0.717, 1.165) is 17.3 Å². The first-order valence-corrected chi connectivity index (χ1v) is 17.9. The Kier molecular flexibility index (Phi) is 9.61. The van der Waals surface area contributed by atoms with Gasteiger partial charge in [0.25, 0.3) is 5.91 Å². The van der Waals surface area contributed by atoms with Gasteiger partial charge < -0.3 is 24.3 Å². The summed E-state index contributed by atoms with van der Waals surface area (Å²) in [4.78, 5) is 37.1. The predicted octanol–water partition coefficient (Wildman–Crippen LogP) is 5.48.